The predicted octanol–water partition coefficient (Wildman–Crippen LogP) is 1.78. The molecule has 1 aromatic rings. The number of nitrogens with zero attached hydrogens (tertiary/aromatic N) is 1. The van der Waals surface area contributed by atoms with Crippen LogP contribution in [0.15, 0.2) is 29.2 Å². The lowest BCUT2D eigenvalue weighted by Gasteiger charge is -2.17. The summed E-state index contributed by atoms with van der Waals surface area (Å²) >= 11 is 0. The molecule has 118 valence electrons. The van der Waals surface area contributed by atoms with Gasteiger partial charge in [0.05, 0.1) is 11.4 Å². The monoisotopic (exact) mass is 312 g/mol. The summed E-state index contributed by atoms with van der Waals surface area (Å²) in [5.41, 5.74) is 0.989. The van der Waals surface area contributed by atoms with E-state index in [-0.39, 0.29) is 17.3 Å². The average molecular weight is 312 g/mol. The lowest BCUT2D eigenvalue weighted by molar-refractivity contribution is -0.121. The van der Waals surface area contributed by atoms with Crippen molar-refractivity contribution in [2.24, 2.45) is 5.92 Å². The van der Waals surface area contributed by atoms with E-state index in [1.54, 1.807) is 24.3 Å². The maximum Gasteiger partial charge on any atom is 0.243 e. The number of sulfonamides is 1. The first-order chi connectivity index (χ1) is 9.73. The van der Waals surface area contributed by atoms with Crippen molar-refractivity contribution in [3.63, 3.8) is 0 Å². The van der Waals surface area contributed by atoms with Gasteiger partial charge in [-0.25, -0.2) is 8.42 Å². The van der Waals surface area contributed by atoms with Gasteiger partial charge in [-0.1, -0.05) is 31.5 Å². The third kappa shape index (κ3) is 5.47. The van der Waals surface area contributed by atoms with Crippen molar-refractivity contribution in [3.8, 4) is 0 Å². The summed E-state index contributed by atoms with van der Waals surface area (Å²) < 4.78 is 25.7. The Morgan fingerprint density at radius 2 is 1.81 bits per heavy atom. The van der Waals surface area contributed by atoms with Gasteiger partial charge in [-0.3, -0.25) is 4.79 Å². The average Bonchev–Trinajstić information content (AvgIpc) is 2.38. The highest BCUT2D eigenvalue weighted by Crippen LogP contribution is 2.14. The number of carbonyl (C=O) groups excluding carboxylic acids is 1. The zero-order chi connectivity index (χ0) is 16.0. The number of benzene rings is 1. The second-order valence-electron chi connectivity index (χ2n) is 5.61. The number of amides is 1. The minimum atomic E-state index is -3.62. The normalized spacial score (nSPS) is 11.9. The molecule has 5 nitrogen and oxygen atoms in total. The zero-order valence-corrected chi connectivity index (χ0v) is 13.9. The Labute approximate surface area is 127 Å². The lowest BCUT2D eigenvalue weighted by atomic mass is 10.1. The Hall–Kier alpha value is -1.40. The molecular formula is C15H24N2O3S. The molecule has 0 fully saturated rings. The number of aryl methyl sites for hydroxylation is 1. The van der Waals surface area contributed by atoms with Gasteiger partial charge in [0.2, 0.25) is 15.9 Å². The smallest absolute Gasteiger partial charge is 0.243 e. The molecule has 0 radical (unpaired) electrons. The highest BCUT2D eigenvalue weighted by atomic mass is 32.2. The zero-order valence-electron chi connectivity index (χ0n) is 13.1. The van der Waals surface area contributed by atoms with Crippen LogP contribution < -0.4 is 5.32 Å². The summed E-state index contributed by atoms with van der Waals surface area (Å²) in [4.78, 5) is 11.9. The highest BCUT2D eigenvalue weighted by Gasteiger charge is 2.22. The third-order valence-corrected chi connectivity index (χ3v) is 4.96. The fourth-order valence-corrected chi connectivity index (χ4v) is 2.86. The Kier molecular flexibility index (Phi) is 6.36. The first-order valence-corrected chi connectivity index (χ1v) is 8.47. The molecule has 21 heavy (non-hydrogen) atoms. The fourth-order valence-electron chi connectivity index (χ4n) is 1.73. The Morgan fingerprint density at radius 3 is 2.33 bits per heavy atom. The van der Waals surface area contributed by atoms with Crippen LogP contribution in [0.2, 0.25) is 0 Å². The standard InChI is InChI=1S/C15H24N2O3S/c1-12(2)9-10-16-15(18)11-17(4)21(19,20)14-7-5-13(3)6-8-14/h5-8,12H,9-11H2,1-4H3,(H,16,18). The van der Waals surface area contributed by atoms with Crippen LogP contribution in [0.4, 0.5) is 0 Å². The van der Waals surface area contributed by atoms with Gasteiger partial charge in [-0.2, -0.15) is 4.31 Å². The second kappa shape index (κ2) is 7.56. The topological polar surface area (TPSA) is 66.5 Å². The number of hydrogen-bond acceptors (Lipinski definition) is 3. The van der Waals surface area contributed by atoms with E-state index < -0.39 is 10.0 Å². The van der Waals surface area contributed by atoms with Crippen LogP contribution in [0.5, 0.6) is 0 Å². The van der Waals surface area contributed by atoms with E-state index in [0.717, 1.165) is 16.3 Å². The fraction of sp³-hybridized carbons (Fsp3) is 0.533. The Balaban J connectivity index is 2.63. The molecule has 0 heterocycles. The molecule has 0 unspecified atom stereocenters. The molecule has 0 atom stereocenters. The molecule has 0 bridgehead atoms. The van der Waals surface area contributed by atoms with Crippen molar-refractivity contribution < 1.29 is 13.2 Å². The molecule has 1 N–H and O–H groups in total. The molecule has 0 spiro atoms. The van der Waals surface area contributed by atoms with Gasteiger partial charge in [0.15, 0.2) is 0 Å². The molecule has 1 rings (SSSR count). The largest absolute Gasteiger partial charge is 0.355 e. The molecule has 0 aliphatic carbocycles. The van der Waals surface area contributed by atoms with Gasteiger partial charge >= 0.3 is 0 Å². The number of likely N-dealkylation sites (N-methyl/N-ethyl adjacent to an activating group) is 1. The summed E-state index contributed by atoms with van der Waals surface area (Å²) in [5.74, 6) is 0.216. The summed E-state index contributed by atoms with van der Waals surface area (Å²) in [5, 5.41) is 2.73. The van der Waals surface area contributed by atoms with Crippen LogP contribution in [0.25, 0.3) is 0 Å². The van der Waals surface area contributed by atoms with Crippen LogP contribution in [-0.4, -0.2) is 38.8 Å². The van der Waals surface area contributed by atoms with Gasteiger partial charge in [0, 0.05) is 13.6 Å². The van der Waals surface area contributed by atoms with Gasteiger partial charge in [0.25, 0.3) is 0 Å². The van der Waals surface area contributed by atoms with Gasteiger partial charge < -0.3 is 5.32 Å². The molecule has 0 saturated heterocycles. The molecule has 0 aromatic heterocycles. The molecular weight excluding hydrogens is 288 g/mol. The van der Waals surface area contributed by atoms with E-state index in [2.05, 4.69) is 19.2 Å². The Bertz CT molecular complexity index is 565. The van der Waals surface area contributed by atoms with Crippen LogP contribution in [0, 0.1) is 12.8 Å². The van der Waals surface area contributed by atoms with Gasteiger partial charge in [-0.05, 0) is 31.4 Å². The van der Waals surface area contributed by atoms with Crippen molar-refractivity contribution in [1.82, 2.24) is 9.62 Å². The number of carbonyl (C=O) groups is 1. The van der Waals surface area contributed by atoms with Crippen LogP contribution in [0.1, 0.15) is 25.8 Å². The van der Waals surface area contributed by atoms with E-state index in [0.29, 0.717) is 12.5 Å². The van der Waals surface area contributed by atoms with Crippen molar-refractivity contribution in [1.29, 1.82) is 0 Å². The summed E-state index contributed by atoms with van der Waals surface area (Å²) in [6, 6.07) is 6.59. The van der Waals surface area contributed by atoms with Crippen molar-refractivity contribution in [2.75, 3.05) is 20.1 Å². The minimum absolute atomic E-state index is 0.172. The maximum absolute atomic E-state index is 12.3. The van der Waals surface area contributed by atoms with E-state index in [1.807, 2.05) is 6.92 Å². The van der Waals surface area contributed by atoms with E-state index in [9.17, 15) is 13.2 Å². The second-order valence-corrected chi connectivity index (χ2v) is 7.65. The molecule has 1 aromatic carbocycles. The SMILES string of the molecule is Cc1ccc(S(=O)(=O)N(C)CC(=O)NCCC(C)C)cc1. The highest BCUT2D eigenvalue weighted by molar-refractivity contribution is 7.89. The van der Waals surface area contributed by atoms with Gasteiger partial charge in [-0.15, -0.1) is 0 Å². The third-order valence-electron chi connectivity index (χ3n) is 3.14. The molecule has 0 aliphatic rings. The molecule has 0 aliphatic heterocycles. The van der Waals surface area contributed by atoms with Gasteiger partial charge in [0.1, 0.15) is 0 Å². The quantitative estimate of drug-likeness (QED) is 0.834. The molecule has 1 amide bonds. The number of nitrogens with one attached hydrogen (secondary N) is 1. The van der Waals surface area contributed by atoms with Crippen molar-refractivity contribution in [2.45, 2.75) is 32.1 Å². The predicted molar refractivity (Wildman–Crippen MR) is 83.5 cm³/mol. The van der Waals surface area contributed by atoms with Crippen molar-refractivity contribution >= 4 is 15.9 Å². The number of rotatable bonds is 7. The van der Waals surface area contributed by atoms with E-state index >= 15 is 0 Å². The lowest BCUT2D eigenvalue weighted by Crippen LogP contribution is -2.38. The minimum Gasteiger partial charge on any atom is -0.355 e. The molecule has 0 saturated carbocycles. The van der Waals surface area contributed by atoms with E-state index in [4.69, 9.17) is 0 Å². The summed E-state index contributed by atoms with van der Waals surface area (Å²) in [7, 11) is -2.21. The number of hydrogen-bond donors (Lipinski definition) is 1. The van der Waals surface area contributed by atoms with E-state index in [1.165, 1.54) is 7.05 Å². The van der Waals surface area contributed by atoms with Crippen LogP contribution in [0.3, 0.4) is 0 Å². The van der Waals surface area contributed by atoms with Crippen molar-refractivity contribution in [3.05, 3.63) is 29.8 Å². The maximum atomic E-state index is 12.3. The van der Waals surface area contributed by atoms with Crippen LogP contribution >= 0.6 is 0 Å². The Morgan fingerprint density at radius 1 is 1.24 bits per heavy atom. The molecule has 6 heteroatoms. The van der Waals surface area contributed by atoms with Crippen LogP contribution in [-0.2, 0) is 14.8 Å². The summed E-state index contributed by atoms with van der Waals surface area (Å²) in [6.07, 6.45) is 0.875. The first kappa shape index (κ1) is 17.7. The first-order valence-electron chi connectivity index (χ1n) is 7.03. The summed E-state index contributed by atoms with van der Waals surface area (Å²) in [6.45, 7) is 6.42.